The van der Waals surface area contributed by atoms with E-state index in [0.29, 0.717) is 0 Å². The van der Waals surface area contributed by atoms with Gasteiger partial charge in [-0.3, -0.25) is 0 Å². The van der Waals surface area contributed by atoms with Gasteiger partial charge in [0.2, 0.25) is 0 Å². The summed E-state index contributed by atoms with van der Waals surface area (Å²) in [6.07, 6.45) is 5.47. The average Bonchev–Trinajstić information content (AvgIpc) is 2.48. The first-order valence-electron chi connectivity index (χ1n) is 8.45. The molecular weight excluding hydrogens is 258 g/mol. The van der Waals surface area contributed by atoms with Gasteiger partial charge in [0, 0.05) is 12.5 Å². The highest BCUT2D eigenvalue weighted by atomic mass is 16.3. The number of aryl methyl sites for hydroxylation is 1. The summed E-state index contributed by atoms with van der Waals surface area (Å²) in [7, 11) is 4.18. The topological polar surface area (TPSA) is 23.5 Å². The van der Waals surface area contributed by atoms with E-state index in [4.69, 9.17) is 0 Å². The van der Waals surface area contributed by atoms with Crippen molar-refractivity contribution in [1.82, 2.24) is 4.90 Å². The number of hydrogen-bond donors (Lipinski definition) is 1. The molecule has 1 aliphatic carbocycles. The van der Waals surface area contributed by atoms with Gasteiger partial charge in [-0.25, -0.2) is 0 Å². The number of aliphatic hydroxyl groups is 1. The van der Waals surface area contributed by atoms with Crippen LogP contribution in [0.1, 0.15) is 63.0 Å². The van der Waals surface area contributed by atoms with E-state index >= 15 is 0 Å². The van der Waals surface area contributed by atoms with Crippen molar-refractivity contribution in [2.24, 2.45) is 0 Å². The summed E-state index contributed by atoms with van der Waals surface area (Å²) in [5.74, 6) is 0.225. The molecule has 0 heterocycles. The Morgan fingerprint density at radius 3 is 2.05 bits per heavy atom. The molecule has 0 radical (unpaired) electrons. The summed E-state index contributed by atoms with van der Waals surface area (Å²) < 4.78 is 0. The zero-order valence-corrected chi connectivity index (χ0v) is 14.5. The summed E-state index contributed by atoms with van der Waals surface area (Å²) in [4.78, 5) is 2.19. The molecule has 1 aromatic carbocycles. The summed E-state index contributed by atoms with van der Waals surface area (Å²) in [5, 5.41) is 11.1. The Hall–Kier alpha value is -0.860. The summed E-state index contributed by atoms with van der Waals surface area (Å²) >= 11 is 0. The molecule has 0 saturated heterocycles. The summed E-state index contributed by atoms with van der Waals surface area (Å²) in [6.45, 7) is 7.03. The molecule has 1 N–H and O–H groups in total. The maximum Gasteiger partial charge on any atom is 0.0728 e. The second-order valence-corrected chi connectivity index (χ2v) is 6.39. The van der Waals surface area contributed by atoms with Crippen molar-refractivity contribution in [3.05, 3.63) is 35.4 Å². The monoisotopic (exact) mass is 291 g/mol. The van der Waals surface area contributed by atoms with Gasteiger partial charge < -0.3 is 10.0 Å². The Balaban J connectivity index is 0.00000106. The molecule has 120 valence electrons. The van der Waals surface area contributed by atoms with Crippen LogP contribution in [0.4, 0.5) is 0 Å². The third kappa shape index (κ3) is 5.12. The fourth-order valence-corrected chi connectivity index (χ4v) is 3.26. The molecule has 1 saturated carbocycles. The minimum absolute atomic E-state index is 0.225. The molecule has 0 aliphatic heterocycles. The Kier molecular flexibility index (Phi) is 7.41. The van der Waals surface area contributed by atoms with Crippen LogP contribution in [0.25, 0.3) is 0 Å². The van der Waals surface area contributed by atoms with Crippen LogP contribution in [0, 0.1) is 6.92 Å². The fraction of sp³-hybridized carbons (Fsp3) is 0.684. The van der Waals surface area contributed by atoms with E-state index < -0.39 is 5.60 Å². The molecule has 2 heteroatoms. The van der Waals surface area contributed by atoms with Gasteiger partial charge in [0.05, 0.1) is 5.60 Å². The van der Waals surface area contributed by atoms with Crippen LogP contribution in [-0.2, 0) is 0 Å². The molecule has 0 aromatic heterocycles. The van der Waals surface area contributed by atoms with Crippen LogP contribution in [0.2, 0.25) is 0 Å². The lowest BCUT2D eigenvalue weighted by Gasteiger charge is -2.40. The van der Waals surface area contributed by atoms with Gasteiger partial charge in [0.1, 0.15) is 0 Å². The Morgan fingerprint density at radius 1 is 1.05 bits per heavy atom. The predicted molar refractivity (Wildman–Crippen MR) is 91.9 cm³/mol. The molecule has 1 aliphatic rings. The van der Waals surface area contributed by atoms with Gasteiger partial charge in [0.25, 0.3) is 0 Å². The van der Waals surface area contributed by atoms with E-state index in [1.54, 1.807) is 0 Å². The highest BCUT2D eigenvalue weighted by Gasteiger charge is 2.38. The standard InChI is InChI=1S/C17H27NO.C2H6/c1-14-7-9-15(10-8-14)16(13-18(2)3)17(19)11-5-4-6-12-17;1-2/h7-10,16,19H,4-6,11-13H2,1-3H3;1-2H3/t16-;/m1./s1. The third-order valence-electron chi connectivity index (χ3n) is 4.40. The smallest absolute Gasteiger partial charge is 0.0728 e. The quantitative estimate of drug-likeness (QED) is 0.891. The van der Waals surface area contributed by atoms with Crippen LogP contribution in [0.15, 0.2) is 24.3 Å². The van der Waals surface area contributed by atoms with Gasteiger partial charge in [0.15, 0.2) is 0 Å². The van der Waals surface area contributed by atoms with Gasteiger partial charge in [-0.05, 0) is 39.4 Å². The zero-order chi connectivity index (χ0) is 15.9. The molecule has 1 atom stereocenters. The summed E-state index contributed by atoms with van der Waals surface area (Å²) in [5.41, 5.74) is 2.05. The third-order valence-corrected chi connectivity index (χ3v) is 4.40. The first-order chi connectivity index (χ1) is 10.0. The SMILES string of the molecule is CC.Cc1ccc([C@@H](CN(C)C)C2(O)CCCCC2)cc1. The zero-order valence-electron chi connectivity index (χ0n) is 14.5. The van der Waals surface area contributed by atoms with Crippen LogP contribution in [-0.4, -0.2) is 36.2 Å². The normalized spacial score (nSPS) is 18.8. The van der Waals surface area contributed by atoms with Gasteiger partial charge in [-0.15, -0.1) is 0 Å². The molecule has 21 heavy (non-hydrogen) atoms. The Labute approximate surface area is 131 Å². The summed E-state index contributed by atoms with van der Waals surface area (Å²) in [6, 6.07) is 8.69. The van der Waals surface area contributed by atoms with Crippen molar-refractivity contribution in [3.8, 4) is 0 Å². The number of rotatable bonds is 4. The average molecular weight is 291 g/mol. The molecule has 0 bridgehead atoms. The van der Waals surface area contributed by atoms with Crippen molar-refractivity contribution in [1.29, 1.82) is 0 Å². The lowest BCUT2D eigenvalue weighted by atomic mass is 9.72. The highest BCUT2D eigenvalue weighted by molar-refractivity contribution is 5.27. The molecule has 1 aromatic rings. The Morgan fingerprint density at radius 2 is 1.57 bits per heavy atom. The highest BCUT2D eigenvalue weighted by Crippen LogP contribution is 2.40. The van der Waals surface area contributed by atoms with Gasteiger partial charge in [-0.1, -0.05) is 62.9 Å². The van der Waals surface area contributed by atoms with E-state index in [2.05, 4.69) is 50.2 Å². The maximum atomic E-state index is 11.1. The second kappa shape index (κ2) is 8.55. The predicted octanol–water partition coefficient (Wildman–Crippen LogP) is 4.36. The van der Waals surface area contributed by atoms with Crippen molar-refractivity contribution >= 4 is 0 Å². The minimum Gasteiger partial charge on any atom is -0.389 e. The number of nitrogens with zero attached hydrogens (tertiary/aromatic N) is 1. The minimum atomic E-state index is -0.516. The van der Waals surface area contributed by atoms with Crippen molar-refractivity contribution in [2.75, 3.05) is 20.6 Å². The molecule has 0 unspecified atom stereocenters. The van der Waals surface area contributed by atoms with E-state index in [1.165, 1.54) is 17.5 Å². The first-order valence-corrected chi connectivity index (χ1v) is 8.45. The van der Waals surface area contributed by atoms with E-state index in [0.717, 1.165) is 32.2 Å². The van der Waals surface area contributed by atoms with Crippen LogP contribution in [0.5, 0.6) is 0 Å². The van der Waals surface area contributed by atoms with E-state index in [1.807, 2.05) is 13.8 Å². The molecular formula is C19H33NO. The number of hydrogen-bond acceptors (Lipinski definition) is 2. The van der Waals surface area contributed by atoms with E-state index in [-0.39, 0.29) is 5.92 Å². The van der Waals surface area contributed by atoms with Crippen LogP contribution < -0.4 is 0 Å². The largest absolute Gasteiger partial charge is 0.389 e. The number of likely N-dealkylation sites (N-methyl/N-ethyl adjacent to an activating group) is 1. The molecule has 2 nitrogen and oxygen atoms in total. The van der Waals surface area contributed by atoms with E-state index in [9.17, 15) is 5.11 Å². The lowest BCUT2D eigenvalue weighted by Crippen LogP contribution is -2.42. The lowest BCUT2D eigenvalue weighted by molar-refractivity contribution is -0.0277. The van der Waals surface area contributed by atoms with Crippen LogP contribution >= 0.6 is 0 Å². The van der Waals surface area contributed by atoms with Crippen LogP contribution in [0.3, 0.4) is 0 Å². The molecule has 0 spiro atoms. The Bertz CT molecular complexity index is 391. The maximum absolute atomic E-state index is 11.1. The molecule has 2 rings (SSSR count). The van der Waals surface area contributed by atoms with Crippen molar-refractivity contribution < 1.29 is 5.11 Å². The van der Waals surface area contributed by atoms with Crippen molar-refractivity contribution in [2.45, 2.75) is 64.4 Å². The molecule has 0 amide bonds. The molecule has 1 fully saturated rings. The van der Waals surface area contributed by atoms with Crippen molar-refractivity contribution in [3.63, 3.8) is 0 Å². The number of benzene rings is 1. The fourth-order valence-electron chi connectivity index (χ4n) is 3.26. The second-order valence-electron chi connectivity index (χ2n) is 6.39. The van der Waals surface area contributed by atoms with Gasteiger partial charge >= 0.3 is 0 Å². The van der Waals surface area contributed by atoms with Gasteiger partial charge in [-0.2, -0.15) is 0 Å². The first kappa shape index (κ1) is 18.2.